The van der Waals surface area contributed by atoms with Gasteiger partial charge in [-0.15, -0.1) is 13.2 Å². The number of alkyl halides is 3. The molecule has 1 aliphatic heterocycles. The van der Waals surface area contributed by atoms with E-state index in [0.717, 1.165) is 17.0 Å². The van der Waals surface area contributed by atoms with Crippen LogP contribution in [0.25, 0.3) is 5.76 Å². The van der Waals surface area contributed by atoms with Crippen LogP contribution < -0.4 is 19.1 Å². The Balaban J connectivity index is 1.93. The van der Waals surface area contributed by atoms with Crippen LogP contribution in [0.5, 0.6) is 17.2 Å². The van der Waals surface area contributed by atoms with E-state index in [0.29, 0.717) is 28.2 Å². The monoisotopic (exact) mass is 513 g/mol. The topological polar surface area (TPSA) is 85.3 Å². The fourth-order valence-corrected chi connectivity index (χ4v) is 4.23. The lowest BCUT2D eigenvalue weighted by Gasteiger charge is -2.26. The number of carbonyl (C=O) groups is 2. The van der Waals surface area contributed by atoms with Crippen molar-refractivity contribution in [3.63, 3.8) is 0 Å². The highest BCUT2D eigenvalue weighted by atomic mass is 19.4. The number of nitrogens with zero attached hydrogens (tertiary/aromatic N) is 1. The van der Waals surface area contributed by atoms with Crippen molar-refractivity contribution in [1.82, 2.24) is 0 Å². The van der Waals surface area contributed by atoms with Crippen LogP contribution in [0.4, 0.5) is 18.9 Å². The van der Waals surface area contributed by atoms with E-state index < -0.39 is 35.6 Å². The summed E-state index contributed by atoms with van der Waals surface area (Å²) in [7, 11) is 2.92. The molecule has 3 aromatic rings. The van der Waals surface area contributed by atoms with E-state index in [9.17, 15) is 27.9 Å². The van der Waals surface area contributed by atoms with Gasteiger partial charge in [0, 0.05) is 17.3 Å². The summed E-state index contributed by atoms with van der Waals surface area (Å²) in [6.07, 6.45) is -4.95. The predicted octanol–water partition coefficient (Wildman–Crippen LogP) is 5.54. The van der Waals surface area contributed by atoms with Crippen molar-refractivity contribution in [1.29, 1.82) is 0 Å². The number of Topliss-reactive ketones (excluding diaryl/α,β-unsaturated/α-hetero) is 1. The van der Waals surface area contributed by atoms with E-state index in [-0.39, 0.29) is 11.3 Å². The summed E-state index contributed by atoms with van der Waals surface area (Å²) in [5, 5.41) is 11.3. The number of aryl methyl sites for hydroxylation is 1. The first kappa shape index (κ1) is 25.6. The van der Waals surface area contributed by atoms with Gasteiger partial charge < -0.3 is 19.3 Å². The predicted molar refractivity (Wildman–Crippen MR) is 129 cm³/mol. The Morgan fingerprint density at radius 3 is 2.19 bits per heavy atom. The summed E-state index contributed by atoms with van der Waals surface area (Å²) in [5.74, 6) is -2.08. The summed E-state index contributed by atoms with van der Waals surface area (Å²) in [5.41, 5.74) is 1.01. The van der Waals surface area contributed by atoms with Crippen LogP contribution in [0, 0.1) is 6.92 Å². The van der Waals surface area contributed by atoms with Crippen LogP contribution >= 0.6 is 0 Å². The smallest absolute Gasteiger partial charge is 0.507 e. The maximum atomic E-state index is 13.3. The molecule has 1 aliphatic rings. The molecule has 0 aromatic heterocycles. The molecule has 0 radical (unpaired) electrons. The molecule has 0 aliphatic carbocycles. The third-order valence-corrected chi connectivity index (χ3v) is 5.87. The van der Waals surface area contributed by atoms with E-state index >= 15 is 0 Å². The standard InChI is InChI=1S/C27H22F3NO6/c1-15-12-19(36-3)10-11-21(15)24(32)22-23(16-6-4-8-18(13-16)35-2)31(26(34)25(22)33)17-7-5-9-20(14-17)37-27(28,29)30/h4-14,23,32H,1-3H3/b24-22-. The molecule has 192 valence electrons. The minimum absolute atomic E-state index is 0.0258. The van der Waals surface area contributed by atoms with Gasteiger partial charge in [0.25, 0.3) is 11.7 Å². The second kappa shape index (κ2) is 9.88. The number of rotatable bonds is 6. The van der Waals surface area contributed by atoms with Crippen LogP contribution in [0.2, 0.25) is 0 Å². The summed E-state index contributed by atoms with van der Waals surface area (Å²) >= 11 is 0. The summed E-state index contributed by atoms with van der Waals surface area (Å²) in [6, 6.07) is 14.8. The number of ketones is 1. The number of ether oxygens (including phenoxy) is 3. The molecule has 1 saturated heterocycles. The first-order valence-electron chi connectivity index (χ1n) is 11.0. The zero-order valence-corrected chi connectivity index (χ0v) is 20.0. The Morgan fingerprint density at radius 1 is 0.892 bits per heavy atom. The molecule has 37 heavy (non-hydrogen) atoms. The van der Waals surface area contributed by atoms with Gasteiger partial charge in [-0.2, -0.15) is 0 Å². The van der Waals surface area contributed by atoms with Crippen LogP contribution in [0.1, 0.15) is 22.7 Å². The number of benzene rings is 3. The maximum absolute atomic E-state index is 13.3. The second-order valence-corrected chi connectivity index (χ2v) is 8.17. The highest BCUT2D eigenvalue weighted by Crippen LogP contribution is 2.44. The average molecular weight is 513 g/mol. The van der Waals surface area contributed by atoms with Gasteiger partial charge in [-0.3, -0.25) is 14.5 Å². The van der Waals surface area contributed by atoms with Gasteiger partial charge in [-0.05, 0) is 60.5 Å². The lowest BCUT2D eigenvalue weighted by Crippen LogP contribution is -2.29. The molecule has 0 bridgehead atoms. The van der Waals surface area contributed by atoms with E-state index in [1.807, 2.05) is 0 Å². The fraction of sp³-hybridized carbons (Fsp3) is 0.185. The Bertz CT molecular complexity index is 1400. The molecular weight excluding hydrogens is 491 g/mol. The minimum atomic E-state index is -4.95. The number of methoxy groups -OCH3 is 2. The van der Waals surface area contributed by atoms with Crippen LogP contribution in [-0.2, 0) is 9.59 Å². The van der Waals surface area contributed by atoms with Gasteiger partial charge in [0.2, 0.25) is 0 Å². The van der Waals surface area contributed by atoms with Crippen molar-refractivity contribution in [2.75, 3.05) is 19.1 Å². The van der Waals surface area contributed by atoms with E-state index in [1.54, 1.807) is 49.4 Å². The van der Waals surface area contributed by atoms with Crippen LogP contribution in [0.3, 0.4) is 0 Å². The fourth-order valence-electron chi connectivity index (χ4n) is 4.23. The van der Waals surface area contributed by atoms with Crippen molar-refractivity contribution < 1.29 is 42.1 Å². The Kier molecular flexibility index (Phi) is 6.84. The van der Waals surface area contributed by atoms with Gasteiger partial charge in [-0.25, -0.2) is 0 Å². The van der Waals surface area contributed by atoms with E-state index in [2.05, 4.69) is 4.74 Å². The summed E-state index contributed by atoms with van der Waals surface area (Å²) < 4.78 is 53.0. The number of aliphatic hydroxyl groups is 1. The molecule has 0 saturated carbocycles. The molecular formula is C27H22F3NO6. The molecule has 1 fully saturated rings. The van der Waals surface area contributed by atoms with Crippen LogP contribution in [0.15, 0.2) is 72.3 Å². The van der Waals surface area contributed by atoms with E-state index in [1.165, 1.54) is 26.4 Å². The number of carbonyl (C=O) groups excluding carboxylic acids is 2. The van der Waals surface area contributed by atoms with Crippen molar-refractivity contribution in [2.45, 2.75) is 19.3 Å². The zero-order chi connectivity index (χ0) is 26.9. The number of hydrogen-bond acceptors (Lipinski definition) is 6. The first-order valence-corrected chi connectivity index (χ1v) is 11.0. The molecule has 3 aromatic carbocycles. The number of anilines is 1. The first-order chi connectivity index (χ1) is 17.5. The van der Waals surface area contributed by atoms with Crippen molar-refractivity contribution >= 4 is 23.1 Å². The van der Waals surface area contributed by atoms with Gasteiger partial charge >= 0.3 is 6.36 Å². The number of aliphatic hydroxyl groups excluding tert-OH is 1. The lowest BCUT2D eigenvalue weighted by atomic mass is 9.93. The second-order valence-electron chi connectivity index (χ2n) is 8.17. The highest BCUT2D eigenvalue weighted by Gasteiger charge is 2.47. The Hall–Kier alpha value is -4.47. The van der Waals surface area contributed by atoms with Gasteiger partial charge in [-0.1, -0.05) is 18.2 Å². The van der Waals surface area contributed by atoms with Gasteiger partial charge in [0.05, 0.1) is 25.8 Å². The SMILES string of the molecule is COc1cccc(C2/C(=C(/O)c3ccc(OC)cc3C)C(=O)C(=O)N2c2cccc(OC(F)(F)F)c2)c1. The van der Waals surface area contributed by atoms with Crippen molar-refractivity contribution in [3.05, 3.63) is 89.0 Å². The molecule has 7 nitrogen and oxygen atoms in total. The van der Waals surface area contributed by atoms with E-state index in [4.69, 9.17) is 9.47 Å². The van der Waals surface area contributed by atoms with Gasteiger partial charge in [0.15, 0.2) is 0 Å². The van der Waals surface area contributed by atoms with Crippen molar-refractivity contribution in [2.24, 2.45) is 0 Å². The number of amides is 1. The summed E-state index contributed by atoms with van der Waals surface area (Å²) in [6.45, 7) is 1.70. The molecule has 1 N–H and O–H groups in total. The third-order valence-electron chi connectivity index (χ3n) is 5.87. The lowest BCUT2D eigenvalue weighted by molar-refractivity contribution is -0.274. The molecule has 1 unspecified atom stereocenters. The van der Waals surface area contributed by atoms with Crippen molar-refractivity contribution in [3.8, 4) is 17.2 Å². The molecule has 10 heteroatoms. The molecule has 4 rings (SSSR count). The quantitative estimate of drug-likeness (QED) is 0.265. The Morgan fingerprint density at radius 2 is 1.54 bits per heavy atom. The highest BCUT2D eigenvalue weighted by molar-refractivity contribution is 6.51. The molecule has 1 heterocycles. The average Bonchev–Trinajstić information content (AvgIpc) is 3.13. The molecule has 1 amide bonds. The summed E-state index contributed by atoms with van der Waals surface area (Å²) in [4.78, 5) is 27.6. The zero-order valence-electron chi connectivity index (χ0n) is 20.0. The molecule has 0 spiro atoms. The van der Waals surface area contributed by atoms with Crippen LogP contribution in [-0.4, -0.2) is 37.4 Å². The Labute approximate surface area is 210 Å². The maximum Gasteiger partial charge on any atom is 0.573 e. The number of halogens is 3. The largest absolute Gasteiger partial charge is 0.573 e. The third kappa shape index (κ3) is 5.09. The molecule has 1 atom stereocenters. The van der Waals surface area contributed by atoms with Gasteiger partial charge in [0.1, 0.15) is 23.0 Å². The normalized spacial score (nSPS) is 17.1. The minimum Gasteiger partial charge on any atom is -0.507 e. The number of hydrogen-bond donors (Lipinski definition) is 1.